The summed E-state index contributed by atoms with van der Waals surface area (Å²) in [6.07, 6.45) is 1.98. The maximum absolute atomic E-state index is 13.1. The van der Waals surface area contributed by atoms with Gasteiger partial charge in [-0.05, 0) is 66.1 Å². The van der Waals surface area contributed by atoms with Crippen LogP contribution in [0.1, 0.15) is 30.0 Å². The van der Waals surface area contributed by atoms with E-state index < -0.39 is 0 Å². The highest BCUT2D eigenvalue weighted by atomic mass is 35.5. The van der Waals surface area contributed by atoms with E-state index in [9.17, 15) is 4.79 Å². The summed E-state index contributed by atoms with van der Waals surface area (Å²) in [5.41, 5.74) is 2.34. The molecule has 200 valence electrons. The van der Waals surface area contributed by atoms with Gasteiger partial charge in [0, 0.05) is 40.8 Å². The topological polar surface area (TPSA) is 70.4 Å². The van der Waals surface area contributed by atoms with E-state index in [0.29, 0.717) is 33.2 Å². The van der Waals surface area contributed by atoms with Crippen LogP contribution in [-0.4, -0.2) is 27.4 Å². The number of hydrogen-bond acceptors (Lipinski definition) is 4. The van der Waals surface area contributed by atoms with Crippen LogP contribution in [0.5, 0.6) is 0 Å². The summed E-state index contributed by atoms with van der Waals surface area (Å²) in [5, 5.41) is 10.1. The Kier molecular flexibility index (Phi) is 7.43. The molecule has 0 aliphatic carbocycles. The van der Waals surface area contributed by atoms with Gasteiger partial charge in [0.1, 0.15) is 17.6 Å². The molecular weight excluding hydrogens is 563 g/mol. The predicted octanol–water partition coefficient (Wildman–Crippen LogP) is 7.80. The largest absolute Gasteiger partial charge is 0.459 e. The molecule has 5 aromatic rings. The first-order chi connectivity index (χ1) is 19.5. The summed E-state index contributed by atoms with van der Waals surface area (Å²) in [5.74, 6) is 1.19. The van der Waals surface area contributed by atoms with E-state index in [1.54, 1.807) is 18.3 Å². The number of aromatic nitrogens is 1. The molecule has 0 bridgehead atoms. The smallest absolute Gasteiger partial charge is 0.226 e. The van der Waals surface area contributed by atoms with Crippen LogP contribution in [0.2, 0.25) is 10.0 Å². The number of fused-ring (bicyclic) bond motifs is 1. The van der Waals surface area contributed by atoms with E-state index >= 15 is 0 Å². The minimum absolute atomic E-state index is 0.104. The van der Waals surface area contributed by atoms with Crippen LogP contribution in [0, 0.1) is 0 Å². The van der Waals surface area contributed by atoms with Crippen molar-refractivity contribution in [2.75, 3.05) is 11.9 Å². The fraction of sp³-hybridized carbons (Fsp3) is 0.129. The normalized spacial score (nSPS) is 16.8. The van der Waals surface area contributed by atoms with Gasteiger partial charge in [0.25, 0.3) is 0 Å². The predicted molar refractivity (Wildman–Crippen MR) is 164 cm³/mol. The molecule has 1 saturated heterocycles. The van der Waals surface area contributed by atoms with Crippen molar-refractivity contribution >= 4 is 62.9 Å². The monoisotopic (exact) mass is 586 g/mol. The van der Waals surface area contributed by atoms with Gasteiger partial charge in [-0.15, -0.1) is 0 Å². The van der Waals surface area contributed by atoms with Gasteiger partial charge in [-0.3, -0.25) is 9.78 Å². The Morgan fingerprint density at radius 1 is 1.00 bits per heavy atom. The summed E-state index contributed by atoms with van der Waals surface area (Å²) < 4.78 is 6.36. The maximum Gasteiger partial charge on any atom is 0.226 e. The Balaban J connectivity index is 1.26. The number of hydrogen-bond donors (Lipinski definition) is 2. The number of halogens is 2. The Labute approximate surface area is 246 Å². The number of furan rings is 1. The van der Waals surface area contributed by atoms with Gasteiger partial charge in [-0.2, -0.15) is 0 Å². The van der Waals surface area contributed by atoms with Crippen LogP contribution in [0.4, 0.5) is 5.69 Å². The summed E-state index contributed by atoms with van der Waals surface area (Å²) >= 11 is 18.3. The maximum atomic E-state index is 13.1. The molecule has 2 aromatic heterocycles. The lowest BCUT2D eigenvalue weighted by Gasteiger charge is -2.26. The van der Waals surface area contributed by atoms with Gasteiger partial charge >= 0.3 is 0 Å². The van der Waals surface area contributed by atoms with E-state index in [4.69, 9.17) is 39.8 Å². The fourth-order valence-electron chi connectivity index (χ4n) is 5.07. The molecule has 0 unspecified atom stereocenters. The standard InChI is InChI=1S/C31H24Cl2N4O2S/c32-20-11-12-22(23(33)18-20)26-13-14-27(39-26)30-29(25-9-3-4-16-34-25)36-31(40)37(30)17-15-28(38)35-24-10-5-7-19-6-1-2-8-21(19)24/h1-14,16,18,29-30H,15,17H2,(H,35,38)(H,36,40)/t29-,30+/m1/s1. The number of amides is 1. The fourth-order valence-corrected chi connectivity index (χ4v) is 5.90. The molecule has 3 aromatic carbocycles. The molecule has 6 nitrogen and oxygen atoms in total. The van der Waals surface area contributed by atoms with Gasteiger partial charge in [-0.1, -0.05) is 65.7 Å². The van der Waals surface area contributed by atoms with Crippen molar-refractivity contribution in [2.24, 2.45) is 0 Å². The Bertz CT molecular complexity index is 1700. The molecule has 40 heavy (non-hydrogen) atoms. The zero-order chi connectivity index (χ0) is 27.6. The molecule has 1 aliphatic rings. The highest BCUT2D eigenvalue weighted by Gasteiger charge is 2.41. The van der Waals surface area contributed by atoms with E-state index in [-0.39, 0.29) is 24.4 Å². The minimum Gasteiger partial charge on any atom is -0.459 e. The van der Waals surface area contributed by atoms with Gasteiger partial charge in [0.05, 0.1) is 16.8 Å². The number of pyridine rings is 1. The number of anilines is 1. The first-order valence-electron chi connectivity index (χ1n) is 12.8. The van der Waals surface area contributed by atoms with Crippen molar-refractivity contribution in [3.05, 3.63) is 119 Å². The lowest BCUT2D eigenvalue weighted by atomic mass is 10.0. The van der Waals surface area contributed by atoms with Gasteiger partial charge in [0.2, 0.25) is 5.91 Å². The van der Waals surface area contributed by atoms with E-state index in [1.807, 2.05) is 83.8 Å². The zero-order valence-electron chi connectivity index (χ0n) is 21.2. The molecule has 1 aliphatic heterocycles. The number of thiocarbonyl (C=S) groups is 1. The van der Waals surface area contributed by atoms with E-state index in [0.717, 1.165) is 27.7 Å². The second kappa shape index (κ2) is 11.3. The summed E-state index contributed by atoms with van der Waals surface area (Å²) in [6.45, 7) is 0.383. The van der Waals surface area contributed by atoms with Crippen molar-refractivity contribution in [1.29, 1.82) is 0 Å². The third-order valence-corrected chi connectivity index (χ3v) is 7.86. The van der Waals surface area contributed by atoms with Crippen molar-refractivity contribution in [2.45, 2.75) is 18.5 Å². The van der Waals surface area contributed by atoms with Crippen molar-refractivity contribution in [3.8, 4) is 11.3 Å². The average molecular weight is 588 g/mol. The molecule has 0 radical (unpaired) electrons. The Hall–Kier alpha value is -3.91. The second-order valence-corrected chi connectivity index (χ2v) is 10.7. The first kappa shape index (κ1) is 26.3. The molecule has 2 N–H and O–H groups in total. The third-order valence-electron chi connectivity index (χ3n) is 6.96. The second-order valence-electron chi connectivity index (χ2n) is 9.47. The van der Waals surface area contributed by atoms with Gasteiger partial charge in [-0.25, -0.2) is 0 Å². The van der Waals surface area contributed by atoms with Crippen LogP contribution in [0.15, 0.2) is 102 Å². The highest BCUT2D eigenvalue weighted by molar-refractivity contribution is 7.80. The van der Waals surface area contributed by atoms with Gasteiger partial charge < -0.3 is 20.0 Å². The Morgan fingerprint density at radius 3 is 2.65 bits per heavy atom. The Morgan fingerprint density at radius 2 is 1.82 bits per heavy atom. The van der Waals surface area contributed by atoms with Crippen molar-refractivity contribution < 1.29 is 9.21 Å². The van der Waals surface area contributed by atoms with E-state index in [2.05, 4.69) is 15.6 Å². The van der Waals surface area contributed by atoms with Crippen LogP contribution in [0.3, 0.4) is 0 Å². The van der Waals surface area contributed by atoms with Crippen molar-refractivity contribution in [1.82, 2.24) is 15.2 Å². The van der Waals surface area contributed by atoms with Gasteiger partial charge in [0.15, 0.2) is 5.11 Å². The van der Waals surface area contributed by atoms with Crippen LogP contribution < -0.4 is 10.6 Å². The van der Waals surface area contributed by atoms with E-state index in [1.165, 1.54) is 0 Å². The molecule has 6 rings (SSSR count). The quantitative estimate of drug-likeness (QED) is 0.189. The average Bonchev–Trinajstić information content (AvgIpc) is 3.57. The van der Waals surface area contributed by atoms with Crippen LogP contribution >= 0.6 is 35.4 Å². The lowest BCUT2D eigenvalue weighted by molar-refractivity contribution is -0.116. The number of nitrogens with one attached hydrogen (secondary N) is 2. The summed E-state index contributed by atoms with van der Waals surface area (Å²) in [6, 6.07) is 28.1. The van der Waals surface area contributed by atoms with Crippen LogP contribution in [0.25, 0.3) is 22.1 Å². The minimum atomic E-state index is -0.326. The summed E-state index contributed by atoms with van der Waals surface area (Å²) in [7, 11) is 0. The van der Waals surface area contributed by atoms with Crippen molar-refractivity contribution in [3.63, 3.8) is 0 Å². The molecule has 0 spiro atoms. The van der Waals surface area contributed by atoms with Crippen LogP contribution in [-0.2, 0) is 4.79 Å². The first-order valence-corrected chi connectivity index (χ1v) is 14.0. The number of nitrogens with zero attached hydrogens (tertiary/aromatic N) is 2. The number of rotatable bonds is 7. The molecule has 1 fully saturated rings. The number of carbonyl (C=O) groups is 1. The lowest BCUT2D eigenvalue weighted by Crippen LogP contribution is -2.32. The molecule has 2 atom stereocenters. The molecular formula is C31H24Cl2N4O2S. The third kappa shape index (κ3) is 5.28. The summed E-state index contributed by atoms with van der Waals surface area (Å²) in [4.78, 5) is 19.7. The number of benzene rings is 3. The molecule has 1 amide bonds. The molecule has 0 saturated carbocycles. The highest BCUT2D eigenvalue weighted by Crippen LogP contribution is 2.41. The zero-order valence-corrected chi connectivity index (χ0v) is 23.5. The molecule has 3 heterocycles. The SMILES string of the molecule is O=C(CCN1C(=S)N[C@H](c2ccccn2)[C@@H]1c1ccc(-c2ccc(Cl)cc2Cl)o1)Nc1cccc2ccccc12. The number of carbonyl (C=O) groups excluding carboxylic acids is 1. The molecule has 9 heteroatoms.